The van der Waals surface area contributed by atoms with Crippen LogP contribution in [-0.2, 0) is 6.54 Å². The van der Waals surface area contributed by atoms with Crippen molar-refractivity contribution in [2.45, 2.75) is 44.7 Å². The van der Waals surface area contributed by atoms with Crippen LogP contribution in [0.25, 0.3) is 0 Å². The first-order valence-electron chi connectivity index (χ1n) is 9.27. The maximum Gasteiger partial charge on any atom is 0.257 e. The van der Waals surface area contributed by atoms with Crippen LogP contribution in [-0.4, -0.2) is 36.0 Å². The molecule has 1 aromatic carbocycles. The van der Waals surface area contributed by atoms with Crippen molar-refractivity contribution in [2.75, 3.05) is 19.5 Å². The number of pyridine rings is 1. The Balaban J connectivity index is 1.68. The van der Waals surface area contributed by atoms with Gasteiger partial charge < -0.3 is 10.1 Å². The van der Waals surface area contributed by atoms with Crippen molar-refractivity contribution in [3.8, 4) is 5.88 Å². The highest BCUT2D eigenvalue weighted by atomic mass is 16.5. The average Bonchev–Trinajstić information content (AvgIpc) is 2.70. The molecule has 0 atom stereocenters. The second-order valence-electron chi connectivity index (χ2n) is 6.91. The Bertz CT molecular complexity index is 724. The van der Waals surface area contributed by atoms with E-state index in [1.165, 1.54) is 38.3 Å². The van der Waals surface area contributed by atoms with Gasteiger partial charge in [-0.05, 0) is 37.6 Å². The van der Waals surface area contributed by atoms with E-state index in [9.17, 15) is 4.79 Å². The first-order chi connectivity index (χ1) is 12.7. The molecule has 1 aromatic heterocycles. The van der Waals surface area contributed by atoms with Gasteiger partial charge in [-0.25, -0.2) is 4.98 Å². The van der Waals surface area contributed by atoms with Gasteiger partial charge in [-0.1, -0.05) is 37.5 Å². The van der Waals surface area contributed by atoms with Gasteiger partial charge in [0.2, 0.25) is 5.88 Å². The summed E-state index contributed by atoms with van der Waals surface area (Å²) in [6.45, 7) is 0.835. The van der Waals surface area contributed by atoms with Gasteiger partial charge in [-0.2, -0.15) is 0 Å². The van der Waals surface area contributed by atoms with E-state index in [1.807, 2.05) is 18.2 Å². The minimum absolute atomic E-state index is 0.159. The molecule has 3 rings (SSSR count). The van der Waals surface area contributed by atoms with Crippen LogP contribution in [0.5, 0.6) is 5.88 Å². The lowest BCUT2D eigenvalue weighted by Gasteiger charge is -2.31. The number of hydrogen-bond donors (Lipinski definition) is 1. The first kappa shape index (κ1) is 18.4. The van der Waals surface area contributed by atoms with E-state index in [-0.39, 0.29) is 5.91 Å². The normalized spacial score (nSPS) is 15.0. The molecule has 0 spiro atoms. The molecule has 0 saturated heterocycles. The zero-order valence-corrected chi connectivity index (χ0v) is 15.6. The average molecular weight is 353 g/mol. The summed E-state index contributed by atoms with van der Waals surface area (Å²) >= 11 is 0. The van der Waals surface area contributed by atoms with Crippen LogP contribution in [0, 0.1) is 0 Å². The number of carbonyl (C=O) groups is 1. The molecule has 5 nitrogen and oxygen atoms in total. The lowest BCUT2D eigenvalue weighted by atomic mass is 9.94. The quantitative estimate of drug-likeness (QED) is 0.849. The number of carbonyl (C=O) groups excluding carboxylic acids is 1. The Morgan fingerprint density at radius 3 is 2.65 bits per heavy atom. The molecule has 0 bridgehead atoms. The van der Waals surface area contributed by atoms with E-state index in [0.29, 0.717) is 17.5 Å². The molecule has 5 heteroatoms. The SMILES string of the molecule is COc1ccc(C(=O)Nc2ccccc2CN(C)C2CCCCC2)cn1. The van der Waals surface area contributed by atoms with Crippen LogP contribution < -0.4 is 10.1 Å². The number of nitrogens with one attached hydrogen (secondary N) is 1. The fourth-order valence-electron chi connectivity index (χ4n) is 3.53. The highest BCUT2D eigenvalue weighted by molar-refractivity contribution is 6.04. The van der Waals surface area contributed by atoms with Crippen molar-refractivity contribution in [3.63, 3.8) is 0 Å². The number of nitrogens with zero attached hydrogens (tertiary/aromatic N) is 2. The van der Waals surface area contributed by atoms with Crippen LogP contribution in [0.15, 0.2) is 42.6 Å². The molecule has 1 aliphatic rings. The van der Waals surface area contributed by atoms with Crippen LogP contribution in [0.2, 0.25) is 0 Å². The highest BCUT2D eigenvalue weighted by Gasteiger charge is 2.19. The summed E-state index contributed by atoms with van der Waals surface area (Å²) in [5, 5.41) is 3.03. The molecule has 0 aliphatic heterocycles. The number of hydrogen-bond acceptors (Lipinski definition) is 4. The first-order valence-corrected chi connectivity index (χ1v) is 9.27. The van der Waals surface area contributed by atoms with Crippen molar-refractivity contribution < 1.29 is 9.53 Å². The molecular weight excluding hydrogens is 326 g/mol. The summed E-state index contributed by atoms with van der Waals surface area (Å²) in [6, 6.07) is 12.1. The molecule has 2 aromatic rings. The summed E-state index contributed by atoms with van der Waals surface area (Å²) in [7, 11) is 3.74. The monoisotopic (exact) mass is 353 g/mol. The summed E-state index contributed by atoms with van der Waals surface area (Å²) in [4.78, 5) is 19.1. The molecule has 1 fully saturated rings. The predicted molar refractivity (Wildman–Crippen MR) is 104 cm³/mol. The highest BCUT2D eigenvalue weighted by Crippen LogP contribution is 2.25. The molecule has 1 heterocycles. The Morgan fingerprint density at radius 1 is 1.19 bits per heavy atom. The summed E-state index contributed by atoms with van der Waals surface area (Å²) < 4.78 is 5.04. The van der Waals surface area contributed by atoms with Crippen LogP contribution in [0.1, 0.15) is 48.0 Å². The van der Waals surface area contributed by atoms with Gasteiger partial charge >= 0.3 is 0 Å². The number of aromatic nitrogens is 1. The Hall–Kier alpha value is -2.40. The molecule has 26 heavy (non-hydrogen) atoms. The third-order valence-electron chi connectivity index (χ3n) is 5.09. The third-order valence-corrected chi connectivity index (χ3v) is 5.09. The smallest absolute Gasteiger partial charge is 0.257 e. The number of anilines is 1. The summed E-state index contributed by atoms with van der Waals surface area (Å²) in [5.41, 5.74) is 2.51. The van der Waals surface area contributed by atoms with Crippen molar-refractivity contribution in [2.24, 2.45) is 0 Å². The molecule has 1 saturated carbocycles. The molecule has 1 N–H and O–H groups in total. The van der Waals surface area contributed by atoms with Gasteiger partial charge in [0.05, 0.1) is 12.7 Å². The van der Waals surface area contributed by atoms with Gasteiger partial charge in [-0.3, -0.25) is 9.69 Å². The van der Waals surface area contributed by atoms with Gasteiger partial charge in [0.15, 0.2) is 0 Å². The van der Waals surface area contributed by atoms with Crippen LogP contribution >= 0.6 is 0 Å². The summed E-state index contributed by atoms with van der Waals surface area (Å²) in [5.74, 6) is 0.337. The zero-order chi connectivity index (χ0) is 18.4. The third kappa shape index (κ3) is 4.61. The molecule has 0 unspecified atom stereocenters. The topological polar surface area (TPSA) is 54.5 Å². The molecule has 1 amide bonds. The van der Waals surface area contributed by atoms with E-state index in [0.717, 1.165) is 17.8 Å². The van der Waals surface area contributed by atoms with Crippen molar-refractivity contribution in [1.82, 2.24) is 9.88 Å². The van der Waals surface area contributed by atoms with Gasteiger partial charge in [0.1, 0.15) is 0 Å². The Kier molecular flexibility index (Phi) is 6.23. The summed E-state index contributed by atoms with van der Waals surface area (Å²) in [6.07, 6.45) is 8.05. The number of methoxy groups -OCH3 is 1. The van der Waals surface area contributed by atoms with Gasteiger partial charge in [0, 0.05) is 30.5 Å². The number of ether oxygens (including phenoxy) is 1. The zero-order valence-electron chi connectivity index (χ0n) is 15.6. The largest absolute Gasteiger partial charge is 0.481 e. The second-order valence-corrected chi connectivity index (χ2v) is 6.91. The number of rotatable bonds is 6. The predicted octanol–water partition coefficient (Wildman–Crippen LogP) is 4.11. The fraction of sp³-hybridized carbons (Fsp3) is 0.429. The molecule has 0 radical (unpaired) electrons. The second kappa shape index (κ2) is 8.81. The number of para-hydroxylation sites is 1. The molecular formula is C21H27N3O2. The number of benzene rings is 1. The maximum atomic E-state index is 12.5. The minimum Gasteiger partial charge on any atom is -0.481 e. The molecule has 1 aliphatic carbocycles. The van der Waals surface area contributed by atoms with Crippen molar-refractivity contribution in [1.29, 1.82) is 0 Å². The Labute approximate surface area is 155 Å². The Morgan fingerprint density at radius 2 is 1.96 bits per heavy atom. The van der Waals surface area contributed by atoms with E-state index < -0.39 is 0 Å². The minimum atomic E-state index is -0.159. The van der Waals surface area contributed by atoms with E-state index in [2.05, 4.69) is 28.3 Å². The van der Waals surface area contributed by atoms with Crippen molar-refractivity contribution >= 4 is 11.6 Å². The van der Waals surface area contributed by atoms with Crippen LogP contribution in [0.4, 0.5) is 5.69 Å². The number of amides is 1. The van der Waals surface area contributed by atoms with Gasteiger partial charge in [-0.15, -0.1) is 0 Å². The van der Waals surface area contributed by atoms with E-state index >= 15 is 0 Å². The maximum absolute atomic E-state index is 12.5. The molecule has 138 valence electrons. The van der Waals surface area contributed by atoms with Crippen molar-refractivity contribution in [3.05, 3.63) is 53.7 Å². The van der Waals surface area contributed by atoms with Crippen LogP contribution in [0.3, 0.4) is 0 Å². The lowest BCUT2D eigenvalue weighted by molar-refractivity contribution is 0.102. The standard InChI is InChI=1S/C21H27N3O2/c1-24(18-9-4-3-5-10-18)15-17-8-6-7-11-19(17)23-21(25)16-12-13-20(26-2)22-14-16/h6-8,11-14,18H,3-5,9-10,15H2,1-2H3,(H,23,25). The van der Waals surface area contributed by atoms with Gasteiger partial charge in [0.25, 0.3) is 5.91 Å². The van der Waals surface area contributed by atoms with E-state index in [4.69, 9.17) is 4.74 Å². The lowest BCUT2D eigenvalue weighted by Crippen LogP contribution is -2.33. The fourth-order valence-corrected chi connectivity index (χ4v) is 3.53. The van der Waals surface area contributed by atoms with E-state index in [1.54, 1.807) is 19.2 Å².